The van der Waals surface area contributed by atoms with Crippen molar-refractivity contribution < 1.29 is 19.0 Å². The van der Waals surface area contributed by atoms with Crippen LogP contribution >= 0.6 is 0 Å². The molecule has 6 rings (SSSR count). The molecule has 1 fully saturated rings. The van der Waals surface area contributed by atoms with Crippen LogP contribution in [0.5, 0.6) is 5.75 Å². The lowest BCUT2D eigenvalue weighted by Crippen LogP contribution is -2.38. The Morgan fingerprint density at radius 2 is 2.14 bits per heavy atom. The lowest BCUT2D eigenvalue weighted by atomic mass is 9.86. The number of fused-ring (bicyclic) bond motifs is 2. The number of rotatable bonds is 7. The number of benzene rings is 1. The first kappa shape index (κ1) is 22.7. The highest BCUT2D eigenvalue weighted by molar-refractivity contribution is 5.97. The molecule has 9 nitrogen and oxygen atoms in total. The summed E-state index contributed by atoms with van der Waals surface area (Å²) >= 11 is 0. The molecule has 1 aliphatic rings. The van der Waals surface area contributed by atoms with E-state index in [2.05, 4.69) is 21.4 Å². The molecule has 36 heavy (non-hydrogen) atoms. The lowest BCUT2D eigenvalue weighted by Gasteiger charge is -2.29. The Balaban J connectivity index is 1.50. The fourth-order valence-electron chi connectivity index (χ4n) is 4.90. The molecule has 2 N–H and O–H groups in total. The molecular weight excluding hydrogens is 458 g/mol. The quantitative estimate of drug-likeness (QED) is 0.336. The monoisotopic (exact) mass is 485 g/mol. The smallest absolute Gasteiger partial charge is 0.181 e. The van der Waals surface area contributed by atoms with Crippen LogP contribution in [0.2, 0.25) is 0 Å². The van der Waals surface area contributed by atoms with E-state index in [9.17, 15) is 5.11 Å². The van der Waals surface area contributed by atoms with Gasteiger partial charge in [-0.25, -0.2) is 15.0 Å². The van der Waals surface area contributed by atoms with E-state index in [1.54, 1.807) is 13.3 Å². The molecule has 1 saturated heterocycles. The van der Waals surface area contributed by atoms with Crippen molar-refractivity contribution in [3.8, 4) is 28.5 Å². The number of aliphatic hydroxyl groups is 1. The fraction of sp³-hybridized carbons (Fsp3) is 0.296. The van der Waals surface area contributed by atoms with E-state index in [0.29, 0.717) is 31.9 Å². The molecule has 0 aliphatic carbocycles. The third-order valence-corrected chi connectivity index (χ3v) is 6.72. The van der Waals surface area contributed by atoms with E-state index in [1.807, 2.05) is 47.1 Å². The van der Waals surface area contributed by atoms with Crippen LogP contribution in [0.15, 0.2) is 65.8 Å². The van der Waals surface area contributed by atoms with Gasteiger partial charge in [-0.3, -0.25) is 4.40 Å². The summed E-state index contributed by atoms with van der Waals surface area (Å²) in [7, 11) is 1.65. The molecule has 9 heteroatoms. The molecule has 0 spiro atoms. The minimum atomic E-state index is -0.427. The molecular formula is C27H27N5O4. The standard InChI is InChI=1S/C27H27N5O4/c1-34-9-10-35-17-6-8-32-23(14-30-26(32)11-17)22-12-20(25-15-29-16-36-25)18-3-2-4-19(27(18)31-22)21-13-28-7-5-24(21)33/h2-4,6,8,11-12,14-16,21,24,28,33H,5,7,9-10,13H2,1H3. The maximum atomic E-state index is 10.8. The molecule has 4 aromatic heterocycles. The molecule has 5 heterocycles. The lowest BCUT2D eigenvalue weighted by molar-refractivity contribution is 0.115. The van der Waals surface area contributed by atoms with Gasteiger partial charge in [0.1, 0.15) is 18.0 Å². The number of nitrogens with one attached hydrogen (secondary N) is 1. The first-order chi connectivity index (χ1) is 17.7. The summed E-state index contributed by atoms with van der Waals surface area (Å²) < 4.78 is 18.5. The van der Waals surface area contributed by atoms with Gasteiger partial charge in [0.05, 0.1) is 42.0 Å². The summed E-state index contributed by atoms with van der Waals surface area (Å²) in [6.45, 7) is 2.50. The van der Waals surface area contributed by atoms with Gasteiger partial charge in [0.2, 0.25) is 0 Å². The second-order valence-corrected chi connectivity index (χ2v) is 8.91. The predicted octanol–water partition coefficient (Wildman–Crippen LogP) is 3.67. The summed E-state index contributed by atoms with van der Waals surface area (Å²) in [6, 6.07) is 11.9. The number of methoxy groups -OCH3 is 1. The van der Waals surface area contributed by atoms with Crippen LogP contribution in [0.4, 0.5) is 0 Å². The predicted molar refractivity (Wildman–Crippen MR) is 135 cm³/mol. The molecule has 2 atom stereocenters. The first-order valence-electron chi connectivity index (χ1n) is 12.0. The maximum absolute atomic E-state index is 10.8. The number of oxazole rings is 1. The number of para-hydroxylation sites is 1. The maximum Gasteiger partial charge on any atom is 0.181 e. The van der Waals surface area contributed by atoms with Crippen LogP contribution in [-0.2, 0) is 4.74 Å². The molecule has 0 bridgehead atoms. The van der Waals surface area contributed by atoms with Crippen LogP contribution in [-0.4, -0.2) is 64.0 Å². The number of piperidine rings is 1. The van der Waals surface area contributed by atoms with Crippen LogP contribution in [0, 0.1) is 0 Å². The number of nitrogens with zero attached hydrogens (tertiary/aromatic N) is 4. The molecule has 1 aromatic carbocycles. The molecule has 0 amide bonds. The van der Waals surface area contributed by atoms with E-state index in [0.717, 1.165) is 51.4 Å². The topological polar surface area (TPSA) is 107 Å². The highest BCUT2D eigenvalue weighted by Gasteiger charge is 2.27. The first-order valence-corrected chi connectivity index (χ1v) is 12.0. The van der Waals surface area contributed by atoms with E-state index in [4.69, 9.17) is 18.9 Å². The average Bonchev–Trinajstić information content (AvgIpc) is 3.59. The Hall–Kier alpha value is -3.79. The molecule has 0 saturated carbocycles. The number of aliphatic hydroxyl groups excluding tert-OH is 1. The number of pyridine rings is 2. The number of ether oxygens (including phenoxy) is 2. The summed E-state index contributed by atoms with van der Waals surface area (Å²) in [4.78, 5) is 13.9. The van der Waals surface area contributed by atoms with E-state index in [-0.39, 0.29) is 5.92 Å². The van der Waals surface area contributed by atoms with Gasteiger partial charge in [-0.2, -0.15) is 0 Å². The third-order valence-electron chi connectivity index (χ3n) is 6.72. The zero-order valence-corrected chi connectivity index (χ0v) is 19.9. The number of aromatic nitrogens is 4. The van der Waals surface area contributed by atoms with Crippen molar-refractivity contribution in [3.05, 3.63) is 66.9 Å². The molecule has 5 aromatic rings. The number of hydrogen-bond donors (Lipinski definition) is 2. The van der Waals surface area contributed by atoms with Gasteiger partial charge >= 0.3 is 0 Å². The Bertz CT molecular complexity index is 1500. The normalized spacial score (nSPS) is 18.2. The minimum Gasteiger partial charge on any atom is -0.491 e. The minimum absolute atomic E-state index is 0.0539. The van der Waals surface area contributed by atoms with E-state index >= 15 is 0 Å². The van der Waals surface area contributed by atoms with Gasteiger partial charge < -0.3 is 24.3 Å². The second kappa shape index (κ2) is 9.69. The van der Waals surface area contributed by atoms with Crippen LogP contribution in [0.1, 0.15) is 17.9 Å². The highest BCUT2D eigenvalue weighted by atomic mass is 16.5. The highest BCUT2D eigenvalue weighted by Crippen LogP contribution is 2.37. The van der Waals surface area contributed by atoms with Crippen molar-refractivity contribution in [1.29, 1.82) is 0 Å². The third kappa shape index (κ3) is 4.11. The SMILES string of the molecule is COCCOc1ccn2c(-c3cc(-c4cnco4)c4cccc(C5CNCCC5O)c4n3)cnc2c1. The molecule has 0 radical (unpaired) electrons. The zero-order chi connectivity index (χ0) is 24.5. The zero-order valence-electron chi connectivity index (χ0n) is 19.9. The van der Waals surface area contributed by atoms with Crippen molar-refractivity contribution >= 4 is 16.6 Å². The fourth-order valence-corrected chi connectivity index (χ4v) is 4.90. The largest absolute Gasteiger partial charge is 0.491 e. The van der Waals surface area contributed by atoms with Crippen molar-refractivity contribution in [3.63, 3.8) is 0 Å². The van der Waals surface area contributed by atoms with Crippen LogP contribution < -0.4 is 10.1 Å². The Morgan fingerprint density at radius 3 is 2.97 bits per heavy atom. The van der Waals surface area contributed by atoms with Crippen LogP contribution in [0.25, 0.3) is 39.3 Å². The second-order valence-electron chi connectivity index (χ2n) is 8.91. The number of hydrogen-bond acceptors (Lipinski definition) is 8. The Labute approximate surface area is 207 Å². The van der Waals surface area contributed by atoms with Crippen molar-refractivity contribution in [1.82, 2.24) is 24.7 Å². The van der Waals surface area contributed by atoms with Crippen molar-refractivity contribution in [2.45, 2.75) is 18.4 Å². The van der Waals surface area contributed by atoms with Gasteiger partial charge in [-0.1, -0.05) is 18.2 Å². The summed E-state index contributed by atoms with van der Waals surface area (Å²) in [5, 5.41) is 15.2. The van der Waals surface area contributed by atoms with Gasteiger partial charge in [-0.05, 0) is 30.7 Å². The van der Waals surface area contributed by atoms with Gasteiger partial charge in [0, 0.05) is 42.8 Å². The van der Waals surface area contributed by atoms with Crippen molar-refractivity contribution in [2.24, 2.45) is 0 Å². The van der Waals surface area contributed by atoms with Gasteiger partial charge in [0.15, 0.2) is 12.2 Å². The van der Waals surface area contributed by atoms with Crippen LogP contribution in [0.3, 0.4) is 0 Å². The number of imidazole rings is 1. The van der Waals surface area contributed by atoms with E-state index < -0.39 is 6.10 Å². The van der Waals surface area contributed by atoms with Gasteiger partial charge in [-0.15, -0.1) is 0 Å². The summed E-state index contributed by atoms with van der Waals surface area (Å²) in [5.74, 6) is 1.33. The summed E-state index contributed by atoms with van der Waals surface area (Å²) in [5.41, 5.74) is 5.08. The summed E-state index contributed by atoms with van der Waals surface area (Å²) in [6.07, 6.45) is 7.16. The molecule has 2 unspecified atom stereocenters. The average molecular weight is 486 g/mol. The molecule has 184 valence electrons. The Morgan fingerprint density at radius 1 is 1.19 bits per heavy atom. The van der Waals surface area contributed by atoms with Crippen molar-refractivity contribution in [2.75, 3.05) is 33.4 Å². The van der Waals surface area contributed by atoms with E-state index in [1.165, 1.54) is 6.39 Å². The molecule has 1 aliphatic heterocycles. The Kier molecular flexibility index (Phi) is 6.10. The van der Waals surface area contributed by atoms with Gasteiger partial charge in [0.25, 0.3) is 0 Å².